The van der Waals surface area contributed by atoms with Crippen LogP contribution in [0.25, 0.3) is 0 Å². The fourth-order valence-corrected chi connectivity index (χ4v) is 5.16. The molecule has 1 aliphatic heterocycles. The molecule has 4 heteroatoms. The summed E-state index contributed by atoms with van der Waals surface area (Å²) in [5, 5.41) is 6.10. The summed E-state index contributed by atoms with van der Waals surface area (Å²) in [6.45, 7) is 3.42. The van der Waals surface area contributed by atoms with Gasteiger partial charge in [-0.1, -0.05) is 12.1 Å². The summed E-state index contributed by atoms with van der Waals surface area (Å²) in [7, 11) is 1.75. The van der Waals surface area contributed by atoms with Crippen LogP contribution in [0.3, 0.4) is 0 Å². The molecule has 24 heavy (non-hydrogen) atoms. The molecule has 0 bridgehead atoms. The first-order valence-electron chi connectivity index (χ1n) is 9.03. The zero-order valence-corrected chi connectivity index (χ0v) is 15.1. The number of hydrogen-bond acceptors (Lipinski definition) is 4. The molecule has 0 radical (unpaired) electrons. The van der Waals surface area contributed by atoms with Crippen LogP contribution in [0.5, 0.6) is 5.75 Å². The lowest BCUT2D eigenvalue weighted by atomic mass is 10.0. The molecule has 2 atom stereocenters. The molecule has 2 unspecified atom stereocenters. The van der Waals surface area contributed by atoms with Gasteiger partial charge >= 0.3 is 0 Å². The number of hydrogen-bond donors (Lipinski definition) is 1. The fourth-order valence-electron chi connectivity index (χ4n) is 4.10. The zero-order chi connectivity index (χ0) is 16.4. The van der Waals surface area contributed by atoms with Gasteiger partial charge in [0, 0.05) is 23.5 Å². The smallest absolute Gasteiger partial charge is 0.119 e. The van der Waals surface area contributed by atoms with Gasteiger partial charge in [-0.15, -0.1) is 11.3 Å². The van der Waals surface area contributed by atoms with E-state index in [1.807, 2.05) is 17.4 Å². The van der Waals surface area contributed by atoms with Crippen LogP contribution in [0, 0.1) is 0 Å². The molecule has 1 aromatic heterocycles. The van der Waals surface area contributed by atoms with Crippen molar-refractivity contribution in [1.82, 2.24) is 10.2 Å². The highest BCUT2D eigenvalue weighted by Crippen LogP contribution is 2.36. The first kappa shape index (κ1) is 16.1. The van der Waals surface area contributed by atoms with E-state index in [0.717, 1.165) is 12.3 Å². The van der Waals surface area contributed by atoms with E-state index in [-0.39, 0.29) is 0 Å². The number of nitrogens with one attached hydrogen (secondary N) is 1. The van der Waals surface area contributed by atoms with Gasteiger partial charge < -0.3 is 10.1 Å². The number of ether oxygens (including phenoxy) is 1. The van der Waals surface area contributed by atoms with E-state index in [4.69, 9.17) is 4.74 Å². The van der Waals surface area contributed by atoms with Crippen molar-refractivity contribution in [2.45, 2.75) is 37.8 Å². The third-order valence-corrected chi connectivity index (χ3v) is 6.49. The number of aryl methyl sites for hydroxylation is 1. The molecule has 0 amide bonds. The van der Waals surface area contributed by atoms with E-state index in [1.54, 1.807) is 17.6 Å². The molecule has 2 aliphatic rings. The van der Waals surface area contributed by atoms with Gasteiger partial charge in [0.1, 0.15) is 5.75 Å². The Hall–Kier alpha value is -1.36. The molecule has 1 aliphatic carbocycles. The van der Waals surface area contributed by atoms with Gasteiger partial charge in [0.15, 0.2) is 0 Å². The SMILES string of the molecule is COc1cccc(C(CNC2CCc3ccsc32)N2CCCC2)c1. The third kappa shape index (κ3) is 3.23. The quantitative estimate of drug-likeness (QED) is 0.853. The number of rotatable bonds is 6. The van der Waals surface area contributed by atoms with E-state index < -0.39 is 0 Å². The molecule has 2 heterocycles. The van der Waals surface area contributed by atoms with Crippen molar-refractivity contribution in [2.75, 3.05) is 26.7 Å². The molecule has 4 rings (SSSR count). The van der Waals surface area contributed by atoms with E-state index in [9.17, 15) is 0 Å². The minimum atomic E-state index is 0.437. The van der Waals surface area contributed by atoms with Crippen LogP contribution in [0.4, 0.5) is 0 Å². The Bertz CT molecular complexity index is 678. The van der Waals surface area contributed by atoms with Gasteiger partial charge in [-0.3, -0.25) is 4.90 Å². The van der Waals surface area contributed by atoms with Crippen molar-refractivity contribution in [1.29, 1.82) is 0 Å². The van der Waals surface area contributed by atoms with E-state index in [1.165, 1.54) is 44.3 Å². The Labute approximate surface area is 148 Å². The summed E-state index contributed by atoms with van der Waals surface area (Å²) in [4.78, 5) is 4.19. The highest BCUT2D eigenvalue weighted by molar-refractivity contribution is 7.10. The second kappa shape index (κ2) is 7.26. The minimum Gasteiger partial charge on any atom is -0.497 e. The van der Waals surface area contributed by atoms with Crippen LogP contribution in [0.15, 0.2) is 35.7 Å². The summed E-state index contributed by atoms with van der Waals surface area (Å²) in [5.41, 5.74) is 2.92. The van der Waals surface area contributed by atoms with E-state index in [2.05, 4.69) is 39.9 Å². The summed E-state index contributed by atoms with van der Waals surface area (Å²) in [5.74, 6) is 0.957. The molecular weight excluding hydrogens is 316 g/mol. The first-order valence-corrected chi connectivity index (χ1v) is 9.91. The van der Waals surface area contributed by atoms with Gasteiger partial charge in [0.05, 0.1) is 7.11 Å². The summed E-state index contributed by atoms with van der Waals surface area (Å²) in [6.07, 6.45) is 5.11. The Morgan fingerprint density at radius 2 is 2.17 bits per heavy atom. The second-order valence-electron chi connectivity index (χ2n) is 6.85. The molecule has 1 saturated heterocycles. The predicted octanol–water partition coefficient (Wildman–Crippen LogP) is 4.17. The van der Waals surface area contributed by atoms with Crippen LogP contribution < -0.4 is 10.1 Å². The van der Waals surface area contributed by atoms with Crippen LogP contribution >= 0.6 is 11.3 Å². The van der Waals surface area contributed by atoms with Gasteiger partial charge in [-0.25, -0.2) is 0 Å². The Morgan fingerprint density at radius 1 is 1.29 bits per heavy atom. The first-order chi connectivity index (χ1) is 11.8. The van der Waals surface area contributed by atoms with Crippen molar-refractivity contribution in [3.63, 3.8) is 0 Å². The van der Waals surface area contributed by atoms with Crippen LogP contribution in [-0.2, 0) is 6.42 Å². The fraction of sp³-hybridized carbons (Fsp3) is 0.500. The van der Waals surface area contributed by atoms with Crippen molar-refractivity contribution in [3.8, 4) is 5.75 Å². The maximum absolute atomic E-state index is 5.44. The van der Waals surface area contributed by atoms with Gasteiger partial charge in [0.2, 0.25) is 0 Å². The topological polar surface area (TPSA) is 24.5 Å². The molecule has 1 aromatic carbocycles. The summed E-state index contributed by atoms with van der Waals surface area (Å²) in [6, 6.07) is 11.9. The zero-order valence-electron chi connectivity index (χ0n) is 14.3. The van der Waals surface area contributed by atoms with E-state index >= 15 is 0 Å². The lowest BCUT2D eigenvalue weighted by molar-refractivity contribution is 0.232. The number of fused-ring (bicyclic) bond motifs is 1. The van der Waals surface area contributed by atoms with Crippen molar-refractivity contribution in [2.24, 2.45) is 0 Å². The monoisotopic (exact) mass is 342 g/mol. The van der Waals surface area contributed by atoms with Crippen LogP contribution in [0.2, 0.25) is 0 Å². The Morgan fingerprint density at radius 3 is 3.00 bits per heavy atom. The molecule has 128 valence electrons. The lowest BCUT2D eigenvalue weighted by Gasteiger charge is -2.30. The third-order valence-electron chi connectivity index (χ3n) is 5.42. The number of likely N-dealkylation sites (tertiary alicyclic amines) is 1. The van der Waals surface area contributed by atoms with E-state index in [0.29, 0.717) is 12.1 Å². The molecule has 0 spiro atoms. The molecular formula is C20H26N2OS. The molecule has 2 aromatic rings. The second-order valence-corrected chi connectivity index (χ2v) is 7.79. The Balaban J connectivity index is 1.50. The van der Waals surface area contributed by atoms with Gasteiger partial charge in [-0.2, -0.15) is 0 Å². The highest BCUT2D eigenvalue weighted by atomic mass is 32.1. The normalized spacial score (nSPS) is 21.8. The van der Waals surface area contributed by atoms with Crippen molar-refractivity contribution >= 4 is 11.3 Å². The van der Waals surface area contributed by atoms with Gasteiger partial charge in [0.25, 0.3) is 0 Å². The Kier molecular flexibility index (Phi) is 4.88. The average molecular weight is 343 g/mol. The predicted molar refractivity (Wildman–Crippen MR) is 99.9 cm³/mol. The summed E-state index contributed by atoms with van der Waals surface area (Å²) >= 11 is 1.91. The minimum absolute atomic E-state index is 0.437. The number of thiophene rings is 1. The lowest BCUT2D eigenvalue weighted by Crippen LogP contribution is -2.35. The molecule has 3 nitrogen and oxygen atoms in total. The number of nitrogens with zero attached hydrogens (tertiary/aromatic N) is 1. The molecule has 1 N–H and O–H groups in total. The number of benzene rings is 1. The maximum Gasteiger partial charge on any atom is 0.119 e. The number of methoxy groups -OCH3 is 1. The van der Waals surface area contributed by atoms with Crippen molar-refractivity contribution in [3.05, 3.63) is 51.7 Å². The van der Waals surface area contributed by atoms with Crippen LogP contribution in [-0.4, -0.2) is 31.6 Å². The average Bonchev–Trinajstić information content (AvgIpc) is 3.34. The molecule has 1 fully saturated rings. The van der Waals surface area contributed by atoms with Crippen molar-refractivity contribution < 1.29 is 4.74 Å². The maximum atomic E-state index is 5.44. The largest absolute Gasteiger partial charge is 0.497 e. The highest BCUT2D eigenvalue weighted by Gasteiger charge is 2.27. The summed E-state index contributed by atoms with van der Waals surface area (Å²) < 4.78 is 5.44. The molecule has 0 saturated carbocycles. The van der Waals surface area contributed by atoms with Gasteiger partial charge in [-0.05, 0) is 73.5 Å². The van der Waals surface area contributed by atoms with Crippen LogP contribution in [0.1, 0.15) is 47.4 Å². The standard InChI is InChI=1S/C20H26N2OS/c1-23-17-6-4-5-16(13-17)19(22-10-2-3-11-22)14-21-18-8-7-15-9-12-24-20(15)18/h4-6,9,12-13,18-19,21H,2-3,7-8,10-11,14H2,1H3.